The Bertz CT molecular complexity index is 404. The summed E-state index contributed by atoms with van der Waals surface area (Å²) < 4.78 is 5.55. The van der Waals surface area contributed by atoms with E-state index in [0.29, 0.717) is 12.2 Å². The molecule has 0 heterocycles. The quantitative estimate of drug-likeness (QED) is 0.868. The van der Waals surface area contributed by atoms with Crippen LogP contribution in [0.15, 0.2) is 24.3 Å². The van der Waals surface area contributed by atoms with Gasteiger partial charge in [-0.05, 0) is 29.5 Å². The van der Waals surface area contributed by atoms with Crippen LogP contribution in [0.2, 0.25) is 0 Å². The second-order valence-corrected chi connectivity index (χ2v) is 5.51. The first-order valence-corrected chi connectivity index (χ1v) is 6.34. The van der Waals surface area contributed by atoms with E-state index in [2.05, 4.69) is 20.8 Å². The second kappa shape index (κ2) is 5.89. The van der Waals surface area contributed by atoms with Gasteiger partial charge in [0.1, 0.15) is 5.75 Å². The maximum Gasteiger partial charge on any atom is 0.344 e. The van der Waals surface area contributed by atoms with Crippen molar-refractivity contribution in [3.63, 3.8) is 0 Å². The molecule has 0 aliphatic carbocycles. The Morgan fingerprint density at radius 1 is 1.39 bits per heavy atom. The lowest BCUT2D eigenvalue weighted by molar-refractivity contribution is -0.145. The molecule has 0 amide bonds. The molecular formula is C15H22O3. The molecule has 0 bridgehead atoms. The van der Waals surface area contributed by atoms with Gasteiger partial charge >= 0.3 is 5.97 Å². The number of carboxylic acids is 1. The Morgan fingerprint density at radius 3 is 2.56 bits per heavy atom. The highest BCUT2D eigenvalue weighted by molar-refractivity contribution is 5.72. The Labute approximate surface area is 109 Å². The van der Waals surface area contributed by atoms with Crippen molar-refractivity contribution < 1.29 is 14.6 Å². The van der Waals surface area contributed by atoms with Gasteiger partial charge in [-0.3, -0.25) is 0 Å². The predicted octanol–water partition coefficient (Wildman–Crippen LogP) is 3.62. The summed E-state index contributed by atoms with van der Waals surface area (Å²) in [6.45, 7) is 8.30. The van der Waals surface area contributed by atoms with Crippen molar-refractivity contribution in [1.29, 1.82) is 0 Å². The van der Waals surface area contributed by atoms with Gasteiger partial charge < -0.3 is 9.84 Å². The van der Waals surface area contributed by atoms with Crippen LogP contribution in [0, 0.1) is 0 Å². The number of hydrogen-bond acceptors (Lipinski definition) is 2. The zero-order valence-corrected chi connectivity index (χ0v) is 11.6. The van der Waals surface area contributed by atoms with E-state index < -0.39 is 12.1 Å². The van der Waals surface area contributed by atoms with Gasteiger partial charge in [0.05, 0.1) is 0 Å². The predicted molar refractivity (Wildman–Crippen MR) is 72.1 cm³/mol. The van der Waals surface area contributed by atoms with Gasteiger partial charge in [0.25, 0.3) is 0 Å². The Balaban J connectivity index is 2.87. The SMILES string of the molecule is CCCC(Oc1cccc(C(C)(C)C)c1)C(=O)O. The van der Waals surface area contributed by atoms with Crippen molar-refractivity contribution in [1.82, 2.24) is 0 Å². The number of hydrogen-bond donors (Lipinski definition) is 1. The van der Waals surface area contributed by atoms with Crippen LogP contribution in [0.5, 0.6) is 5.75 Å². The highest BCUT2D eigenvalue weighted by Gasteiger charge is 2.19. The van der Waals surface area contributed by atoms with Gasteiger partial charge in [0, 0.05) is 0 Å². The zero-order chi connectivity index (χ0) is 13.8. The summed E-state index contributed by atoms with van der Waals surface area (Å²) in [6.07, 6.45) is 0.551. The molecular weight excluding hydrogens is 228 g/mol. The van der Waals surface area contributed by atoms with E-state index in [1.165, 1.54) is 0 Å². The van der Waals surface area contributed by atoms with Gasteiger partial charge in [-0.1, -0.05) is 46.2 Å². The molecule has 0 radical (unpaired) electrons. The van der Waals surface area contributed by atoms with E-state index in [4.69, 9.17) is 9.84 Å². The second-order valence-electron chi connectivity index (χ2n) is 5.51. The minimum atomic E-state index is -0.905. The average molecular weight is 250 g/mol. The molecule has 1 N–H and O–H groups in total. The van der Waals surface area contributed by atoms with Crippen molar-refractivity contribution in [2.24, 2.45) is 0 Å². The lowest BCUT2D eigenvalue weighted by Crippen LogP contribution is -2.26. The van der Waals surface area contributed by atoms with Crippen molar-refractivity contribution in [2.75, 3.05) is 0 Å². The van der Waals surface area contributed by atoms with Crippen LogP contribution in [0.4, 0.5) is 0 Å². The van der Waals surface area contributed by atoms with Gasteiger partial charge in [0.15, 0.2) is 6.10 Å². The van der Waals surface area contributed by atoms with Gasteiger partial charge in [-0.25, -0.2) is 4.79 Å². The van der Waals surface area contributed by atoms with Gasteiger partial charge in [-0.2, -0.15) is 0 Å². The minimum Gasteiger partial charge on any atom is -0.479 e. The largest absolute Gasteiger partial charge is 0.479 e. The summed E-state index contributed by atoms with van der Waals surface area (Å²) in [5.74, 6) is -0.277. The number of aliphatic carboxylic acids is 1. The van der Waals surface area contributed by atoms with Crippen LogP contribution >= 0.6 is 0 Å². The first-order valence-electron chi connectivity index (χ1n) is 6.34. The summed E-state index contributed by atoms with van der Waals surface area (Å²) in [7, 11) is 0. The molecule has 0 aromatic heterocycles. The maximum atomic E-state index is 11.1. The van der Waals surface area contributed by atoms with Gasteiger partial charge in [-0.15, -0.1) is 0 Å². The fraction of sp³-hybridized carbons (Fsp3) is 0.533. The molecule has 1 aromatic carbocycles. The van der Waals surface area contributed by atoms with Crippen LogP contribution in [0.1, 0.15) is 46.1 Å². The molecule has 1 rings (SSSR count). The highest BCUT2D eigenvalue weighted by Crippen LogP contribution is 2.26. The van der Waals surface area contributed by atoms with Crippen LogP contribution < -0.4 is 4.74 Å². The molecule has 1 atom stereocenters. The Hall–Kier alpha value is -1.51. The fourth-order valence-corrected chi connectivity index (χ4v) is 1.70. The third kappa shape index (κ3) is 4.06. The highest BCUT2D eigenvalue weighted by atomic mass is 16.5. The molecule has 3 nitrogen and oxygen atoms in total. The molecule has 1 unspecified atom stereocenters. The molecule has 1 aromatic rings. The first-order chi connectivity index (χ1) is 8.34. The lowest BCUT2D eigenvalue weighted by atomic mass is 9.87. The Morgan fingerprint density at radius 2 is 2.06 bits per heavy atom. The zero-order valence-electron chi connectivity index (χ0n) is 11.6. The summed E-state index contributed by atoms with van der Waals surface area (Å²) in [5.41, 5.74) is 1.17. The van der Waals surface area contributed by atoms with Crippen molar-refractivity contribution in [3.8, 4) is 5.75 Å². The van der Waals surface area contributed by atoms with Crippen LogP contribution in [-0.4, -0.2) is 17.2 Å². The molecule has 0 saturated heterocycles. The Kier molecular flexibility index (Phi) is 4.76. The number of rotatable bonds is 5. The lowest BCUT2D eigenvalue weighted by Gasteiger charge is -2.21. The maximum absolute atomic E-state index is 11.1. The summed E-state index contributed by atoms with van der Waals surface area (Å²) >= 11 is 0. The summed E-state index contributed by atoms with van der Waals surface area (Å²) in [5, 5.41) is 9.07. The van der Waals surface area contributed by atoms with Gasteiger partial charge in [0.2, 0.25) is 0 Å². The number of carbonyl (C=O) groups is 1. The van der Waals surface area contributed by atoms with E-state index in [1.807, 2.05) is 25.1 Å². The van der Waals surface area contributed by atoms with Crippen LogP contribution in [-0.2, 0) is 10.2 Å². The van der Waals surface area contributed by atoms with E-state index in [9.17, 15) is 4.79 Å². The summed E-state index contributed by atoms with van der Waals surface area (Å²) in [6, 6.07) is 7.66. The number of benzene rings is 1. The van der Waals surface area contributed by atoms with E-state index in [-0.39, 0.29) is 5.41 Å². The molecule has 0 aliphatic rings. The van der Waals surface area contributed by atoms with Crippen molar-refractivity contribution in [2.45, 2.75) is 52.1 Å². The van der Waals surface area contributed by atoms with E-state index >= 15 is 0 Å². The fourth-order valence-electron chi connectivity index (χ4n) is 1.70. The molecule has 0 saturated carbocycles. The molecule has 0 spiro atoms. The molecule has 3 heteroatoms. The molecule has 0 fully saturated rings. The minimum absolute atomic E-state index is 0.0306. The standard InChI is InChI=1S/C15H22O3/c1-5-7-13(14(16)17)18-12-9-6-8-11(10-12)15(2,3)4/h6,8-10,13H,5,7H2,1-4H3,(H,16,17). The third-order valence-corrected chi connectivity index (χ3v) is 2.80. The molecule has 0 aliphatic heterocycles. The monoisotopic (exact) mass is 250 g/mol. The molecule has 100 valence electrons. The topological polar surface area (TPSA) is 46.5 Å². The van der Waals surface area contributed by atoms with E-state index in [1.54, 1.807) is 6.07 Å². The number of ether oxygens (including phenoxy) is 1. The van der Waals surface area contributed by atoms with E-state index in [0.717, 1.165) is 12.0 Å². The summed E-state index contributed by atoms with van der Waals surface area (Å²) in [4.78, 5) is 11.1. The third-order valence-electron chi connectivity index (χ3n) is 2.80. The van der Waals surface area contributed by atoms with Crippen molar-refractivity contribution >= 4 is 5.97 Å². The first kappa shape index (κ1) is 14.6. The average Bonchev–Trinajstić information content (AvgIpc) is 2.27. The normalized spacial score (nSPS) is 13.1. The number of carboxylic acid groups (broad SMARTS) is 1. The van der Waals surface area contributed by atoms with Crippen molar-refractivity contribution in [3.05, 3.63) is 29.8 Å². The molecule has 18 heavy (non-hydrogen) atoms. The van der Waals surface area contributed by atoms with Crippen LogP contribution in [0.25, 0.3) is 0 Å². The smallest absolute Gasteiger partial charge is 0.344 e. The van der Waals surface area contributed by atoms with Crippen LogP contribution in [0.3, 0.4) is 0 Å².